The highest BCUT2D eigenvalue weighted by Crippen LogP contribution is 2.31. The zero-order chi connectivity index (χ0) is 17.1. The number of aliphatic hydroxyl groups excluding tert-OH is 1. The van der Waals surface area contributed by atoms with Crippen molar-refractivity contribution < 1.29 is 14.6 Å². The van der Waals surface area contributed by atoms with Crippen LogP contribution in [0.5, 0.6) is 11.5 Å². The van der Waals surface area contributed by atoms with E-state index >= 15 is 0 Å². The lowest BCUT2D eigenvalue weighted by Crippen LogP contribution is -2.26. The molecule has 1 aromatic rings. The molecule has 0 amide bonds. The molecular formula is C19H33NO3. The van der Waals surface area contributed by atoms with E-state index in [1.807, 2.05) is 32.0 Å². The number of nitrogens with zero attached hydrogens (tertiary/aromatic N) is 1. The van der Waals surface area contributed by atoms with E-state index in [0.29, 0.717) is 19.6 Å². The Balaban J connectivity index is 2.71. The summed E-state index contributed by atoms with van der Waals surface area (Å²) in [6.07, 6.45) is 2.61. The van der Waals surface area contributed by atoms with Crippen LogP contribution in [0.1, 0.15) is 58.6 Å². The van der Waals surface area contributed by atoms with Crippen molar-refractivity contribution in [2.24, 2.45) is 0 Å². The van der Waals surface area contributed by atoms with Crippen molar-refractivity contribution in [3.8, 4) is 11.5 Å². The number of rotatable bonds is 12. The maximum Gasteiger partial charge on any atom is 0.128 e. The van der Waals surface area contributed by atoms with Gasteiger partial charge < -0.3 is 19.5 Å². The minimum Gasteiger partial charge on any atom is -0.494 e. The lowest BCUT2D eigenvalue weighted by Gasteiger charge is -2.23. The molecule has 0 saturated heterocycles. The van der Waals surface area contributed by atoms with E-state index < -0.39 is 6.10 Å². The van der Waals surface area contributed by atoms with Crippen molar-refractivity contribution in [3.63, 3.8) is 0 Å². The summed E-state index contributed by atoms with van der Waals surface area (Å²) < 4.78 is 11.2. The van der Waals surface area contributed by atoms with E-state index in [0.717, 1.165) is 36.7 Å². The summed E-state index contributed by atoms with van der Waals surface area (Å²) in [6, 6.07) is 5.70. The molecule has 1 aromatic carbocycles. The van der Waals surface area contributed by atoms with Gasteiger partial charge in [0.2, 0.25) is 0 Å². The van der Waals surface area contributed by atoms with Crippen LogP contribution >= 0.6 is 0 Å². The van der Waals surface area contributed by atoms with Crippen LogP contribution in [-0.2, 0) is 0 Å². The number of ether oxygens (including phenoxy) is 2. The Hall–Kier alpha value is -1.26. The van der Waals surface area contributed by atoms with Crippen molar-refractivity contribution in [3.05, 3.63) is 23.8 Å². The Labute approximate surface area is 141 Å². The second-order valence-electron chi connectivity index (χ2n) is 5.66. The van der Waals surface area contributed by atoms with Crippen LogP contribution < -0.4 is 9.47 Å². The summed E-state index contributed by atoms with van der Waals surface area (Å²) >= 11 is 0. The fourth-order valence-corrected chi connectivity index (χ4v) is 2.60. The summed E-state index contributed by atoms with van der Waals surface area (Å²) in [4.78, 5) is 2.39. The van der Waals surface area contributed by atoms with Gasteiger partial charge in [-0.05, 0) is 51.9 Å². The van der Waals surface area contributed by atoms with Crippen LogP contribution in [0.3, 0.4) is 0 Å². The third-order valence-electron chi connectivity index (χ3n) is 3.95. The SMILES string of the molecule is CCCCN(CC)CCC(O)c1ccc(OCC)cc1OCC. The second-order valence-corrected chi connectivity index (χ2v) is 5.66. The first-order chi connectivity index (χ1) is 11.2. The molecule has 4 heteroatoms. The zero-order valence-corrected chi connectivity index (χ0v) is 15.2. The Morgan fingerprint density at radius 3 is 2.39 bits per heavy atom. The first-order valence-electron chi connectivity index (χ1n) is 8.96. The number of hydrogen-bond acceptors (Lipinski definition) is 4. The molecule has 0 aliphatic rings. The zero-order valence-electron chi connectivity index (χ0n) is 15.2. The minimum atomic E-state index is -0.511. The van der Waals surface area contributed by atoms with Crippen molar-refractivity contribution in [1.29, 1.82) is 0 Å². The van der Waals surface area contributed by atoms with Crippen LogP contribution in [0.2, 0.25) is 0 Å². The van der Waals surface area contributed by atoms with E-state index in [9.17, 15) is 5.11 Å². The maximum absolute atomic E-state index is 10.6. The van der Waals surface area contributed by atoms with Crippen molar-refractivity contribution in [1.82, 2.24) is 4.90 Å². The fourth-order valence-electron chi connectivity index (χ4n) is 2.60. The average Bonchev–Trinajstić information content (AvgIpc) is 2.55. The molecule has 23 heavy (non-hydrogen) atoms. The summed E-state index contributed by atoms with van der Waals surface area (Å²) in [5.41, 5.74) is 0.849. The van der Waals surface area contributed by atoms with Crippen LogP contribution in [0.4, 0.5) is 0 Å². The molecule has 1 atom stereocenters. The van der Waals surface area contributed by atoms with Crippen LogP contribution in [0, 0.1) is 0 Å². The Bertz CT molecular complexity index is 437. The lowest BCUT2D eigenvalue weighted by atomic mass is 10.0. The van der Waals surface area contributed by atoms with Gasteiger partial charge in [-0.2, -0.15) is 0 Å². The molecule has 1 unspecified atom stereocenters. The van der Waals surface area contributed by atoms with Gasteiger partial charge >= 0.3 is 0 Å². The Kier molecular flexibility index (Phi) is 9.72. The predicted molar refractivity (Wildman–Crippen MR) is 95.4 cm³/mol. The molecule has 0 aliphatic carbocycles. The largest absolute Gasteiger partial charge is 0.494 e. The van der Waals surface area contributed by atoms with Crippen LogP contribution in [0.15, 0.2) is 18.2 Å². The van der Waals surface area contributed by atoms with E-state index in [4.69, 9.17) is 9.47 Å². The standard InChI is InChI=1S/C19H33NO3/c1-5-9-13-20(6-2)14-12-18(21)17-11-10-16(22-7-3)15-19(17)23-8-4/h10-11,15,18,21H,5-9,12-14H2,1-4H3. The van der Waals surface area contributed by atoms with Gasteiger partial charge in [-0.3, -0.25) is 0 Å². The quantitative estimate of drug-likeness (QED) is 0.630. The molecule has 0 spiro atoms. The average molecular weight is 323 g/mol. The van der Waals surface area contributed by atoms with Gasteiger partial charge in [0, 0.05) is 18.2 Å². The minimum absolute atomic E-state index is 0.511. The topological polar surface area (TPSA) is 41.9 Å². The van der Waals surface area contributed by atoms with Crippen molar-refractivity contribution in [2.45, 2.75) is 53.1 Å². The van der Waals surface area contributed by atoms with Gasteiger partial charge in [-0.15, -0.1) is 0 Å². The summed E-state index contributed by atoms with van der Waals surface area (Å²) in [5, 5.41) is 10.6. The number of benzene rings is 1. The van der Waals surface area contributed by atoms with Crippen molar-refractivity contribution >= 4 is 0 Å². The molecule has 1 rings (SSSR count). The molecule has 132 valence electrons. The smallest absolute Gasteiger partial charge is 0.128 e. The van der Waals surface area contributed by atoms with Crippen LogP contribution in [0.25, 0.3) is 0 Å². The second kappa shape index (κ2) is 11.3. The third-order valence-corrected chi connectivity index (χ3v) is 3.95. The van der Waals surface area contributed by atoms with Gasteiger partial charge in [-0.1, -0.05) is 20.3 Å². The molecule has 4 nitrogen and oxygen atoms in total. The normalized spacial score (nSPS) is 12.4. The highest BCUT2D eigenvalue weighted by molar-refractivity contribution is 5.42. The van der Waals surface area contributed by atoms with E-state index in [1.165, 1.54) is 12.8 Å². The molecule has 0 heterocycles. The molecule has 0 saturated carbocycles. The fraction of sp³-hybridized carbons (Fsp3) is 0.684. The lowest BCUT2D eigenvalue weighted by molar-refractivity contribution is 0.139. The maximum atomic E-state index is 10.6. The monoisotopic (exact) mass is 323 g/mol. The third kappa shape index (κ3) is 6.80. The number of hydrogen-bond donors (Lipinski definition) is 1. The molecule has 0 aromatic heterocycles. The summed E-state index contributed by atoms with van der Waals surface area (Å²) in [6.45, 7) is 12.5. The molecule has 0 aliphatic heterocycles. The Morgan fingerprint density at radius 2 is 1.78 bits per heavy atom. The molecule has 0 radical (unpaired) electrons. The molecule has 0 bridgehead atoms. The number of unbranched alkanes of at least 4 members (excludes halogenated alkanes) is 1. The first-order valence-corrected chi connectivity index (χ1v) is 8.96. The van der Waals surface area contributed by atoms with E-state index in [1.54, 1.807) is 0 Å². The summed E-state index contributed by atoms with van der Waals surface area (Å²) in [5.74, 6) is 1.51. The van der Waals surface area contributed by atoms with E-state index in [-0.39, 0.29) is 0 Å². The highest BCUT2D eigenvalue weighted by Gasteiger charge is 2.16. The van der Waals surface area contributed by atoms with Crippen LogP contribution in [-0.4, -0.2) is 42.9 Å². The van der Waals surface area contributed by atoms with E-state index in [2.05, 4.69) is 18.7 Å². The van der Waals surface area contributed by atoms with Gasteiger partial charge in [-0.25, -0.2) is 0 Å². The predicted octanol–water partition coefficient (Wildman–Crippen LogP) is 4.03. The first kappa shape index (κ1) is 19.8. The molecule has 1 N–H and O–H groups in total. The Morgan fingerprint density at radius 1 is 1.04 bits per heavy atom. The van der Waals surface area contributed by atoms with Gasteiger partial charge in [0.05, 0.1) is 19.3 Å². The summed E-state index contributed by atoms with van der Waals surface area (Å²) in [7, 11) is 0. The van der Waals surface area contributed by atoms with Crippen molar-refractivity contribution in [2.75, 3.05) is 32.8 Å². The number of aliphatic hydroxyl groups is 1. The molecular weight excluding hydrogens is 290 g/mol. The molecule has 0 fully saturated rings. The van der Waals surface area contributed by atoms with Gasteiger partial charge in [0.1, 0.15) is 11.5 Å². The van der Waals surface area contributed by atoms with Gasteiger partial charge in [0.15, 0.2) is 0 Å². The van der Waals surface area contributed by atoms with Gasteiger partial charge in [0.25, 0.3) is 0 Å². The highest BCUT2D eigenvalue weighted by atomic mass is 16.5.